The zero-order chi connectivity index (χ0) is 15.3. The molecule has 0 aliphatic carbocycles. The average molecular weight is 306 g/mol. The second kappa shape index (κ2) is 6.73. The number of carbonyl (C=O) groups is 1. The monoisotopic (exact) mass is 306 g/mol. The Morgan fingerprint density at radius 1 is 1.38 bits per heavy atom. The second-order valence-electron chi connectivity index (χ2n) is 4.54. The Balaban J connectivity index is 2.28. The lowest BCUT2D eigenvalue weighted by atomic mass is 9.91. The quantitative estimate of drug-likeness (QED) is 0.752. The number of primary amides is 1. The first-order valence-electron chi connectivity index (χ1n) is 6.62. The van der Waals surface area contributed by atoms with Gasteiger partial charge in [0.15, 0.2) is 0 Å². The molecule has 21 heavy (non-hydrogen) atoms. The number of thioether (sulfide) groups is 1. The molecular weight excluding hydrogens is 288 g/mol. The van der Waals surface area contributed by atoms with E-state index in [0.29, 0.717) is 23.4 Å². The van der Waals surface area contributed by atoms with Gasteiger partial charge in [0.1, 0.15) is 5.54 Å². The topological polar surface area (TPSA) is 94.0 Å². The Hall–Kier alpha value is -1.86. The first kappa shape index (κ1) is 15.5. The van der Waals surface area contributed by atoms with Crippen LogP contribution in [0.2, 0.25) is 0 Å². The van der Waals surface area contributed by atoms with Crippen molar-refractivity contribution in [1.82, 2.24) is 15.5 Å². The number of rotatable bonds is 7. The molecule has 0 aliphatic heterocycles. The molecule has 2 aromatic rings. The summed E-state index contributed by atoms with van der Waals surface area (Å²) >= 11 is 1.31. The molecule has 0 fully saturated rings. The van der Waals surface area contributed by atoms with Crippen molar-refractivity contribution in [1.29, 1.82) is 0 Å². The zero-order valence-corrected chi connectivity index (χ0v) is 12.8. The standard InChI is InChI=1S/C14H18N4O2S/c1-3-16-14(12(15)19,11-7-5-4-6-8-11)9-21-13-18-17-10(2)20-13/h4-8,16H,3,9H2,1-2H3,(H2,15,19). The molecule has 0 radical (unpaired) electrons. The molecule has 112 valence electrons. The molecular formula is C14H18N4O2S. The maximum Gasteiger partial charge on any atom is 0.276 e. The first-order valence-corrected chi connectivity index (χ1v) is 7.60. The zero-order valence-electron chi connectivity index (χ0n) is 12.0. The van der Waals surface area contributed by atoms with E-state index in [0.717, 1.165) is 5.56 Å². The van der Waals surface area contributed by atoms with Gasteiger partial charge in [-0.15, -0.1) is 10.2 Å². The van der Waals surface area contributed by atoms with Crippen molar-refractivity contribution in [2.75, 3.05) is 12.3 Å². The first-order chi connectivity index (χ1) is 10.1. The van der Waals surface area contributed by atoms with E-state index in [-0.39, 0.29) is 0 Å². The van der Waals surface area contributed by atoms with Gasteiger partial charge in [0.05, 0.1) is 0 Å². The van der Waals surface area contributed by atoms with Crippen LogP contribution in [0.4, 0.5) is 0 Å². The van der Waals surface area contributed by atoms with Crippen LogP contribution < -0.4 is 11.1 Å². The molecule has 1 heterocycles. The van der Waals surface area contributed by atoms with Crippen molar-refractivity contribution in [3.05, 3.63) is 41.8 Å². The predicted octanol–water partition coefficient (Wildman–Crippen LogP) is 1.46. The molecule has 7 heteroatoms. The highest BCUT2D eigenvalue weighted by Gasteiger charge is 2.38. The van der Waals surface area contributed by atoms with E-state index in [2.05, 4.69) is 15.5 Å². The summed E-state index contributed by atoms with van der Waals surface area (Å²) in [5.41, 5.74) is 5.53. The minimum absolute atomic E-state index is 0.377. The van der Waals surface area contributed by atoms with Gasteiger partial charge in [0, 0.05) is 12.7 Å². The summed E-state index contributed by atoms with van der Waals surface area (Å²) in [5.74, 6) is 0.437. The number of hydrogen-bond donors (Lipinski definition) is 2. The number of carbonyl (C=O) groups excluding carboxylic acids is 1. The largest absolute Gasteiger partial charge is 0.416 e. The maximum atomic E-state index is 12.1. The summed E-state index contributed by atoms with van der Waals surface area (Å²) in [7, 11) is 0. The third kappa shape index (κ3) is 3.43. The van der Waals surface area contributed by atoms with Crippen LogP contribution in [0.1, 0.15) is 18.4 Å². The number of likely N-dealkylation sites (N-methyl/N-ethyl adjacent to an activating group) is 1. The lowest BCUT2D eigenvalue weighted by molar-refractivity contribution is -0.123. The van der Waals surface area contributed by atoms with Gasteiger partial charge >= 0.3 is 0 Å². The van der Waals surface area contributed by atoms with Crippen LogP contribution in [-0.2, 0) is 10.3 Å². The minimum Gasteiger partial charge on any atom is -0.416 e. The number of hydrogen-bond acceptors (Lipinski definition) is 6. The van der Waals surface area contributed by atoms with E-state index in [1.54, 1.807) is 6.92 Å². The number of benzene rings is 1. The molecule has 0 bridgehead atoms. The minimum atomic E-state index is -0.969. The highest BCUT2D eigenvalue weighted by atomic mass is 32.2. The smallest absolute Gasteiger partial charge is 0.276 e. The predicted molar refractivity (Wildman–Crippen MR) is 80.8 cm³/mol. The summed E-state index contributed by atoms with van der Waals surface area (Å²) in [6, 6.07) is 9.42. The van der Waals surface area contributed by atoms with Gasteiger partial charge < -0.3 is 10.2 Å². The van der Waals surface area contributed by atoms with Crippen molar-refractivity contribution < 1.29 is 9.21 Å². The number of amides is 1. The van der Waals surface area contributed by atoms with E-state index in [9.17, 15) is 4.79 Å². The fourth-order valence-electron chi connectivity index (χ4n) is 2.07. The molecule has 0 spiro atoms. The Labute approximate surface area is 127 Å². The molecule has 0 saturated carbocycles. The lowest BCUT2D eigenvalue weighted by Gasteiger charge is -2.31. The molecule has 1 unspecified atom stereocenters. The van der Waals surface area contributed by atoms with Crippen LogP contribution in [0.5, 0.6) is 0 Å². The Morgan fingerprint density at radius 3 is 2.62 bits per heavy atom. The number of nitrogens with zero attached hydrogens (tertiary/aromatic N) is 2. The molecule has 0 saturated heterocycles. The fraction of sp³-hybridized carbons (Fsp3) is 0.357. The van der Waals surface area contributed by atoms with Crippen LogP contribution in [0.15, 0.2) is 40.0 Å². The molecule has 1 aromatic heterocycles. The molecule has 3 N–H and O–H groups in total. The Morgan fingerprint density at radius 2 is 2.10 bits per heavy atom. The molecule has 1 aromatic carbocycles. The number of aromatic nitrogens is 2. The van der Waals surface area contributed by atoms with Gasteiger partial charge in [-0.1, -0.05) is 49.0 Å². The van der Waals surface area contributed by atoms with E-state index < -0.39 is 11.4 Å². The van der Waals surface area contributed by atoms with E-state index in [4.69, 9.17) is 10.2 Å². The van der Waals surface area contributed by atoms with E-state index in [1.807, 2.05) is 37.3 Å². The highest BCUT2D eigenvalue weighted by molar-refractivity contribution is 7.99. The third-order valence-electron chi connectivity index (χ3n) is 3.09. The van der Waals surface area contributed by atoms with Crippen molar-refractivity contribution in [3.63, 3.8) is 0 Å². The summed E-state index contributed by atoms with van der Waals surface area (Å²) < 4.78 is 5.33. The third-order valence-corrected chi connectivity index (χ3v) is 4.07. The van der Waals surface area contributed by atoms with Gasteiger partial charge in [-0.3, -0.25) is 10.1 Å². The SMILES string of the molecule is CCNC(CSc1nnc(C)o1)(C(N)=O)c1ccccc1. The number of nitrogens with two attached hydrogens (primary N) is 1. The maximum absolute atomic E-state index is 12.1. The normalized spacial score (nSPS) is 13.8. The van der Waals surface area contributed by atoms with Crippen LogP contribution in [0, 0.1) is 6.92 Å². The molecule has 1 amide bonds. The summed E-state index contributed by atoms with van der Waals surface area (Å²) in [5, 5.41) is 11.3. The van der Waals surface area contributed by atoms with Crippen molar-refractivity contribution in [2.24, 2.45) is 5.73 Å². The molecule has 1 atom stereocenters. The molecule has 6 nitrogen and oxygen atoms in total. The molecule has 0 aliphatic rings. The Kier molecular flexibility index (Phi) is 4.98. The van der Waals surface area contributed by atoms with Crippen molar-refractivity contribution in [2.45, 2.75) is 24.6 Å². The van der Waals surface area contributed by atoms with Crippen LogP contribution in [-0.4, -0.2) is 28.4 Å². The summed E-state index contributed by atoms with van der Waals surface area (Å²) in [4.78, 5) is 12.1. The Bertz CT molecular complexity index is 602. The van der Waals surface area contributed by atoms with Crippen molar-refractivity contribution in [3.8, 4) is 0 Å². The summed E-state index contributed by atoms with van der Waals surface area (Å²) in [6.07, 6.45) is 0. The number of nitrogens with one attached hydrogen (secondary N) is 1. The van der Waals surface area contributed by atoms with Gasteiger partial charge in [0.25, 0.3) is 5.22 Å². The number of aryl methyl sites for hydroxylation is 1. The van der Waals surface area contributed by atoms with Gasteiger partial charge in [0.2, 0.25) is 11.8 Å². The van der Waals surface area contributed by atoms with Crippen LogP contribution in [0.25, 0.3) is 0 Å². The van der Waals surface area contributed by atoms with Crippen molar-refractivity contribution >= 4 is 17.7 Å². The highest BCUT2D eigenvalue weighted by Crippen LogP contribution is 2.29. The summed E-state index contributed by atoms with van der Waals surface area (Å²) in [6.45, 7) is 4.27. The van der Waals surface area contributed by atoms with Gasteiger partial charge in [-0.05, 0) is 12.1 Å². The fourth-order valence-corrected chi connectivity index (χ4v) is 3.10. The second-order valence-corrected chi connectivity index (χ2v) is 5.47. The van der Waals surface area contributed by atoms with E-state index in [1.165, 1.54) is 11.8 Å². The molecule has 2 rings (SSSR count). The average Bonchev–Trinajstić information content (AvgIpc) is 2.90. The van der Waals surface area contributed by atoms with Crippen LogP contribution in [0.3, 0.4) is 0 Å². The van der Waals surface area contributed by atoms with Gasteiger partial charge in [-0.25, -0.2) is 0 Å². The lowest BCUT2D eigenvalue weighted by Crippen LogP contribution is -2.54. The van der Waals surface area contributed by atoms with E-state index >= 15 is 0 Å². The van der Waals surface area contributed by atoms with Gasteiger partial charge in [-0.2, -0.15) is 0 Å². The van der Waals surface area contributed by atoms with Crippen LogP contribution >= 0.6 is 11.8 Å².